The molecule has 2 aromatic rings. The molecular weight excluding hydrogens is 261 g/mol. The second-order valence-corrected chi connectivity index (χ2v) is 4.23. The summed E-state index contributed by atoms with van der Waals surface area (Å²) in [5.41, 5.74) is 2.51. The molecule has 0 bridgehead atoms. The fraction of sp³-hybridized carbons (Fsp3) is 0.267. The normalized spacial score (nSPS) is 10.4. The molecule has 0 aliphatic heterocycles. The lowest BCUT2D eigenvalue weighted by Gasteiger charge is -2.09. The van der Waals surface area contributed by atoms with Gasteiger partial charge in [0.2, 0.25) is 0 Å². The van der Waals surface area contributed by atoms with Gasteiger partial charge in [-0.1, -0.05) is 0 Å². The summed E-state index contributed by atoms with van der Waals surface area (Å²) in [4.78, 5) is 17.2. The predicted molar refractivity (Wildman–Crippen MR) is 73.0 cm³/mol. The molecular formula is C15H16FNO3. The zero-order valence-corrected chi connectivity index (χ0v) is 11.6. The van der Waals surface area contributed by atoms with Gasteiger partial charge in [-0.25, -0.2) is 9.18 Å². The number of carbonyl (C=O) groups is 1. The molecule has 1 aromatic heterocycles. The molecule has 1 heterocycles. The summed E-state index contributed by atoms with van der Waals surface area (Å²) in [6, 6.07) is 7.68. The summed E-state index contributed by atoms with van der Waals surface area (Å²) in [6.07, 6.45) is 0. The average Bonchev–Trinajstić information content (AvgIpc) is 2.77. The monoisotopic (exact) mass is 277 g/mol. The number of carbonyl (C=O) groups excluding carboxylic acids is 1. The Labute approximate surface area is 116 Å². The van der Waals surface area contributed by atoms with Crippen LogP contribution in [0.25, 0.3) is 11.3 Å². The Morgan fingerprint density at radius 1 is 1.30 bits per heavy atom. The second kappa shape index (κ2) is 5.77. The Bertz CT molecular complexity index is 617. The Morgan fingerprint density at radius 2 is 1.95 bits per heavy atom. The summed E-state index contributed by atoms with van der Waals surface area (Å²) >= 11 is 0. The minimum Gasteiger partial charge on any atom is -0.462 e. The molecule has 5 heteroatoms. The van der Waals surface area contributed by atoms with Gasteiger partial charge in [0, 0.05) is 5.56 Å². The summed E-state index contributed by atoms with van der Waals surface area (Å²) in [5, 5.41) is 0. The molecule has 0 atom stereocenters. The second-order valence-electron chi connectivity index (χ2n) is 4.23. The molecule has 0 amide bonds. The molecule has 0 aliphatic rings. The standard InChI is InChI=1S/C15H16FNO3/c1-4-20-15(18)13-9-14(17(19-3)10(13)2)11-5-7-12(16)8-6-11/h5-9H,4H2,1-3H3. The number of rotatable bonds is 4. The zero-order chi connectivity index (χ0) is 14.7. The van der Waals surface area contributed by atoms with Crippen molar-refractivity contribution in [3.05, 3.63) is 47.4 Å². The first kappa shape index (κ1) is 14.1. The number of hydrogen-bond acceptors (Lipinski definition) is 3. The fourth-order valence-electron chi connectivity index (χ4n) is 2.06. The van der Waals surface area contributed by atoms with E-state index >= 15 is 0 Å². The lowest BCUT2D eigenvalue weighted by atomic mass is 10.1. The van der Waals surface area contributed by atoms with Gasteiger partial charge in [0.15, 0.2) is 0 Å². The van der Waals surface area contributed by atoms with Gasteiger partial charge in [0.25, 0.3) is 0 Å². The van der Waals surface area contributed by atoms with Crippen LogP contribution in [-0.4, -0.2) is 24.4 Å². The van der Waals surface area contributed by atoms with Crippen LogP contribution in [0.3, 0.4) is 0 Å². The van der Waals surface area contributed by atoms with E-state index in [9.17, 15) is 9.18 Å². The highest BCUT2D eigenvalue weighted by Gasteiger charge is 2.20. The predicted octanol–water partition coefficient (Wildman–Crippen LogP) is 2.84. The number of aromatic nitrogens is 1. The van der Waals surface area contributed by atoms with E-state index in [1.54, 1.807) is 32.0 Å². The van der Waals surface area contributed by atoms with Gasteiger partial charge in [-0.2, -0.15) is 4.73 Å². The van der Waals surface area contributed by atoms with Crippen LogP contribution in [0.5, 0.6) is 0 Å². The third kappa shape index (κ3) is 2.52. The summed E-state index contributed by atoms with van der Waals surface area (Å²) in [6.45, 7) is 3.83. The average molecular weight is 277 g/mol. The maximum Gasteiger partial charge on any atom is 0.340 e. The highest BCUT2D eigenvalue weighted by molar-refractivity contribution is 5.92. The van der Waals surface area contributed by atoms with Gasteiger partial charge in [0.1, 0.15) is 12.9 Å². The smallest absolute Gasteiger partial charge is 0.340 e. The maximum absolute atomic E-state index is 13.0. The van der Waals surface area contributed by atoms with Crippen molar-refractivity contribution in [2.75, 3.05) is 13.7 Å². The SMILES string of the molecule is CCOC(=O)c1cc(-c2ccc(F)cc2)n(OC)c1C. The molecule has 0 radical (unpaired) electrons. The van der Waals surface area contributed by atoms with Gasteiger partial charge in [-0.3, -0.25) is 0 Å². The van der Waals surface area contributed by atoms with E-state index in [1.807, 2.05) is 0 Å². The summed E-state index contributed by atoms with van der Waals surface area (Å²) < 4.78 is 19.5. The number of hydrogen-bond donors (Lipinski definition) is 0. The Morgan fingerprint density at radius 3 is 2.50 bits per heavy atom. The van der Waals surface area contributed by atoms with Crippen LogP contribution in [0.4, 0.5) is 4.39 Å². The molecule has 0 saturated heterocycles. The quantitative estimate of drug-likeness (QED) is 0.807. The van der Waals surface area contributed by atoms with E-state index in [1.165, 1.54) is 24.0 Å². The first-order valence-corrected chi connectivity index (χ1v) is 6.28. The number of esters is 1. The van der Waals surface area contributed by atoms with Gasteiger partial charge in [-0.05, 0) is 44.2 Å². The van der Waals surface area contributed by atoms with Crippen LogP contribution in [0, 0.1) is 12.7 Å². The maximum atomic E-state index is 13.0. The first-order valence-electron chi connectivity index (χ1n) is 6.28. The van der Waals surface area contributed by atoms with Crippen molar-refractivity contribution in [3.63, 3.8) is 0 Å². The molecule has 0 aliphatic carbocycles. The van der Waals surface area contributed by atoms with E-state index in [4.69, 9.17) is 9.57 Å². The first-order chi connectivity index (χ1) is 9.58. The van der Waals surface area contributed by atoms with Crippen molar-refractivity contribution in [3.8, 4) is 11.3 Å². The Kier molecular flexibility index (Phi) is 4.08. The molecule has 0 spiro atoms. The Balaban J connectivity index is 2.50. The van der Waals surface area contributed by atoms with E-state index in [2.05, 4.69) is 0 Å². The molecule has 0 fully saturated rings. The molecule has 2 rings (SSSR count). The van der Waals surface area contributed by atoms with Crippen LogP contribution in [-0.2, 0) is 4.74 Å². The van der Waals surface area contributed by atoms with Crippen molar-refractivity contribution in [2.45, 2.75) is 13.8 Å². The van der Waals surface area contributed by atoms with Crippen molar-refractivity contribution in [1.29, 1.82) is 0 Å². The topological polar surface area (TPSA) is 40.5 Å². The van der Waals surface area contributed by atoms with Crippen molar-refractivity contribution in [2.24, 2.45) is 0 Å². The molecule has 0 saturated carbocycles. The van der Waals surface area contributed by atoms with Crippen molar-refractivity contribution >= 4 is 5.97 Å². The van der Waals surface area contributed by atoms with Crippen LogP contribution >= 0.6 is 0 Å². The third-order valence-corrected chi connectivity index (χ3v) is 3.01. The van der Waals surface area contributed by atoms with Gasteiger partial charge >= 0.3 is 5.97 Å². The Hall–Kier alpha value is -2.30. The minimum absolute atomic E-state index is 0.308. The molecule has 1 aromatic carbocycles. The highest BCUT2D eigenvalue weighted by Crippen LogP contribution is 2.25. The van der Waals surface area contributed by atoms with Gasteiger partial charge < -0.3 is 9.57 Å². The summed E-state index contributed by atoms with van der Waals surface area (Å²) in [5.74, 6) is -0.712. The minimum atomic E-state index is -0.399. The third-order valence-electron chi connectivity index (χ3n) is 3.01. The summed E-state index contributed by atoms with van der Waals surface area (Å²) in [7, 11) is 1.51. The lowest BCUT2D eigenvalue weighted by Crippen LogP contribution is -2.11. The van der Waals surface area contributed by atoms with Crippen LogP contribution in [0.2, 0.25) is 0 Å². The van der Waals surface area contributed by atoms with E-state index in [0.29, 0.717) is 23.6 Å². The van der Waals surface area contributed by atoms with Gasteiger partial charge in [0.05, 0.1) is 23.6 Å². The van der Waals surface area contributed by atoms with Crippen LogP contribution in [0.1, 0.15) is 23.0 Å². The van der Waals surface area contributed by atoms with E-state index in [-0.39, 0.29) is 5.82 Å². The van der Waals surface area contributed by atoms with Gasteiger partial charge in [-0.15, -0.1) is 0 Å². The number of benzene rings is 1. The zero-order valence-electron chi connectivity index (χ0n) is 11.6. The number of nitrogens with zero attached hydrogens (tertiary/aromatic N) is 1. The fourth-order valence-corrected chi connectivity index (χ4v) is 2.06. The number of halogens is 1. The molecule has 20 heavy (non-hydrogen) atoms. The van der Waals surface area contributed by atoms with E-state index < -0.39 is 5.97 Å². The number of ether oxygens (including phenoxy) is 1. The molecule has 0 unspecified atom stereocenters. The molecule has 4 nitrogen and oxygen atoms in total. The lowest BCUT2D eigenvalue weighted by molar-refractivity contribution is 0.0523. The molecule has 0 N–H and O–H groups in total. The van der Waals surface area contributed by atoms with Crippen molar-refractivity contribution in [1.82, 2.24) is 4.73 Å². The molecule has 106 valence electrons. The van der Waals surface area contributed by atoms with Crippen LogP contribution < -0.4 is 4.84 Å². The van der Waals surface area contributed by atoms with Crippen molar-refractivity contribution < 1.29 is 18.8 Å². The highest BCUT2D eigenvalue weighted by atomic mass is 19.1. The largest absolute Gasteiger partial charge is 0.462 e. The van der Waals surface area contributed by atoms with E-state index in [0.717, 1.165) is 5.56 Å². The van der Waals surface area contributed by atoms with Crippen LogP contribution in [0.15, 0.2) is 30.3 Å².